The van der Waals surface area contributed by atoms with E-state index in [-0.39, 0.29) is 16.9 Å². The summed E-state index contributed by atoms with van der Waals surface area (Å²) in [6, 6.07) is 12.9. The molecule has 4 nitrogen and oxygen atoms in total. The molecule has 0 spiro atoms. The van der Waals surface area contributed by atoms with E-state index >= 15 is 0 Å². The maximum absolute atomic E-state index is 14.3. The number of methoxy groups -OCH3 is 1. The predicted molar refractivity (Wildman–Crippen MR) is 99.9 cm³/mol. The van der Waals surface area contributed by atoms with Crippen molar-refractivity contribution in [1.29, 1.82) is 0 Å². The lowest BCUT2D eigenvalue weighted by Crippen LogP contribution is -2.09. The Kier molecular flexibility index (Phi) is 4.07. The van der Waals surface area contributed by atoms with Crippen LogP contribution in [0.25, 0.3) is 22.3 Å². The molecule has 3 aromatic rings. The van der Waals surface area contributed by atoms with E-state index in [4.69, 9.17) is 4.74 Å². The number of fused-ring (bicyclic) bond motifs is 3. The standard InChI is InChI=1S/C22H17FO4/c1-27-21-11-16-13(9-20(21)24)7-6-12-8-17(14-4-2-3-5-19(14)23)18(22(25)26)10-15(12)16/h2-5,8-11,24H,6-7H2,1H3,(H,25,26). The molecule has 0 radical (unpaired) electrons. The monoisotopic (exact) mass is 364 g/mol. The molecular formula is C22H17FO4. The van der Waals surface area contributed by atoms with E-state index in [1.54, 1.807) is 42.5 Å². The van der Waals surface area contributed by atoms with Crippen LogP contribution >= 0.6 is 0 Å². The van der Waals surface area contributed by atoms with Gasteiger partial charge in [-0.1, -0.05) is 18.2 Å². The van der Waals surface area contributed by atoms with Crippen molar-refractivity contribution in [2.24, 2.45) is 0 Å². The number of aromatic carboxylic acids is 1. The van der Waals surface area contributed by atoms with Crippen molar-refractivity contribution in [3.8, 4) is 33.8 Å². The summed E-state index contributed by atoms with van der Waals surface area (Å²) in [5, 5.41) is 19.7. The highest BCUT2D eigenvalue weighted by atomic mass is 19.1. The first-order chi connectivity index (χ1) is 13.0. The van der Waals surface area contributed by atoms with Crippen LogP contribution in [-0.2, 0) is 12.8 Å². The number of phenols is 1. The maximum atomic E-state index is 14.3. The van der Waals surface area contributed by atoms with Gasteiger partial charge in [-0.15, -0.1) is 0 Å². The highest BCUT2D eigenvalue weighted by Crippen LogP contribution is 2.42. The molecule has 0 bridgehead atoms. The molecule has 1 aliphatic rings. The molecule has 0 heterocycles. The number of aromatic hydroxyl groups is 1. The number of aryl methyl sites for hydroxylation is 2. The summed E-state index contributed by atoms with van der Waals surface area (Å²) in [5.74, 6) is -1.19. The van der Waals surface area contributed by atoms with Gasteiger partial charge in [0, 0.05) is 5.56 Å². The van der Waals surface area contributed by atoms with Crippen LogP contribution in [0.2, 0.25) is 0 Å². The lowest BCUT2D eigenvalue weighted by molar-refractivity contribution is 0.0697. The molecular weight excluding hydrogens is 347 g/mol. The zero-order chi connectivity index (χ0) is 19.1. The van der Waals surface area contributed by atoms with Gasteiger partial charge in [0.05, 0.1) is 12.7 Å². The molecule has 27 heavy (non-hydrogen) atoms. The number of carboxylic acid groups (broad SMARTS) is 1. The van der Waals surface area contributed by atoms with E-state index in [2.05, 4.69) is 0 Å². The minimum absolute atomic E-state index is 0.0405. The molecule has 0 amide bonds. The van der Waals surface area contributed by atoms with Crippen LogP contribution < -0.4 is 4.74 Å². The highest BCUT2D eigenvalue weighted by molar-refractivity contribution is 5.99. The molecule has 0 saturated carbocycles. The number of ether oxygens (including phenoxy) is 1. The van der Waals surface area contributed by atoms with Crippen LogP contribution in [0.1, 0.15) is 21.5 Å². The quantitative estimate of drug-likeness (QED) is 0.709. The third-order valence-electron chi connectivity index (χ3n) is 5.00. The summed E-state index contributed by atoms with van der Waals surface area (Å²) < 4.78 is 19.5. The number of benzene rings is 3. The van der Waals surface area contributed by atoms with E-state index in [1.807, 2.05) is 0 Å². The number of phenolic OH excluding ortho intramolecular Hbond substituents is 1. The molecule has 0 fully saturated rings. The van der Waals surface area contributed by atoms with Crippen molar-refractivity contribution in [1.82, 2.24) is 0 Å². The van der Waals surface area contributed by atoms with Crippen molar-refractivity contribution in [2.45, 2.75) is 12.8 Å². The number of rotatable bonds is 3. The van der Waals surface area contributed by atoms with Crippen LogP contribution in [0.4, 0.5) is 4.39 Å². The third-order valence-corrected chi connectivity index (χ3v) is 5.00. The van der Waals surface area contributed by atoms with E-state index in [1.165, 1.54) is 13.2 Å². The molecule has 5 heteroatoms. The van der Waals surface area contributed by atoms with Crippen molar-refractivity contribution in [3.05, 3.63) is 71.0 Å². The van der Waals surface area contributed by atoms with Crippen molar-refractivity contribution in [3.63, 3.8) is 0 Å². The van der Waals surface area contributed by atoms with Gasteiger partial charge < -0.3 is 14.9 Å². The van der Waals surface area contributed by atoms with Crippen LogP contribution in [0, 0.1) is 5.82 Å². The summed E-state index contributed by atoms with van der Waals surface area (Å²) in [5.41, 5.74) is 4.15. The maximum Gasteiger partial charge on any atom is 0.336 e. The van der Waals surface area contributed by atoms with E-state index in [9.17, 15) is 19.4 Å². The van der Waals surface area contributed by atoms with Gasteiger partial charge in [0.2, 0.25) is 0 Å². The second kappa shape index (κ2) is 6.43. The first kappa shape index (κ1) is 17.1. The predicted octanol–water partition coefficient (Wildman–Crippen LogP) is 4.67. The Labute approximate surface area is 155 Å². The van der Waals surface area contributed by atoms with Crippen molar-refractivity contribution < 1.29 is 24.1 Å². The molecule has 0 aliphatic heterocycles. The molecule has 2 N–H and O–H groups in total. The molecule has 136 valence electrons. The summed E-state index contributed by atoms with van der Waals surface area (Å²) in [7, 11) is 1.47. The molecule has 0 aromatic heterocycles. The van der Waals surface area contributed by atoms with E-state index < -0.39 is 11.8 Å². The normalized spacial score (nSPS) is 12.2. The Balaban J connectivity index is 1.97. The van der Waals surface area contributed by atoms with E-state index in [0.717, 1.165) is 22.3 Å². The number of carboxylic acids is 1. The van der Waals surface area contributed by atoms with E-state index in [0.29, 0.717) is 24.2 Å². The van der Waals surface area contributed by atoms with Gasteiger partial charge in [-0.05, 0) is 71.0 Å². The van der Waals surface area contributed by atoms with Gasteiger partial charge in [-0.3, -0.25) is 0 Å². The van der Waals surface area contributed by atoms with Crippen LogP contribution in [-0.4, -0.2) is 23.3 Å². The van der Waals surface area contributed by atoms with Gasteiger partial charge >= 0.3 is 5.97 Å². The second-order valence-electron chi connectivity index (χ2n) is 6.52. The summed E-state index contributed by atoms with van der Waals surface area (Å²) in [6.07, 6.45) is 1.37. The van der Waals surface area contributed by atoms with Crippen molar-refractivity contribution in [2.75, 3.05) is 7.11 Å². The zero-order valence-corrected chi connectivity index (χ0v) is 14.6. The fourth-order valence-electron chi connectivity index (χ4n) is 3.68. The minimum atomic E-state index is -1.12. The lowest BCUT2D eigenvalue weighted by atomic mass is 9.82. The molecule has 3 aromatic carbocycles. The average molecular weight is 364 g/mol. The highest BCUT2D eigenvalue weighted by Gasteiger charge is 2.24. The Morgan fingerprint density at radius 1 is 0.963 bits per heavy atom. The van der Waals surface area contributed by atoms with Gasteiger partial charge in [-0.2, -0.15) is 0 Å². The molecule has 1 aliphatic carbocycles. The zero-order valence-electron chi connectivity index (χ0n) is 14.6. The Hall–Kier alpha value is -3.34. The molecule has 4 rings (SSSR count). The third kappa shape index (κ3) is 2.81. The van der Waals surface area contributed by atoms with Crippen LogP contribution in [0.3, 0.4) is 0 Å². The minimum Gasteiger partial charge on any atom is -0.504 e. The molecule has 0 unspecified atom stereocenters. The number of hydrogen-bond donors (Lipinski definition) is 2. The van der Waals surface area contributed by atoms with Crippen molar-refractivity contribution >= 4 is 5.97 Å². The Bertz CT molecular complexity index is 1070. The van der Waals surface area contributed by atoms with Gasteiger partial charge in [0.15, 0.2) is 11.5 Å². The second-order valence-corrected chi connectivity index (χ2v) is 6.52. The summed E-state index contributed by atoms with van der Waals surface area (Å²) in [4.78, 5) is 11.9. The average Bonchev–Trinajstić information content (AvgIpc) is 2.66. The summed E-state index contributed by atoms with van der Waals surface area (Å²) in [6.45, 7) is 0. The molecule has 0 atom stereocenters. The fourth-order valence-corrected chi connectivity index (χ4v) is 3.68. The lowest BCUT2D eigenvalue weighted by Gasteiger charge is -2.23. The first-order valence-corrected chi connectivity index (χ1v) is 8.55. The number of carbonyl (C=O) groups is 1. The number of halogens is 1. The van der Waals surface area contributed by atoms with Gasteiger partial charge in [0.1, 0.15) is 5.82 Å². The Morgan fingerprint density at radius 2 is 1.63 bits per heavy atom. The van der Waals surface area contributed by atoms with Crippen LogP contribution in [0.15, 0.2) is 48.5 Å². The topological polar surface area (TPSA) is 66.8 Å². The summed E-state index contributed by atoms with van der Waals surface area (Å²) >= 11 is 0. The first-order valence-electron chi connectivity index (χ1n) is 8.55. The number of hydrogen-bond acceptors (Lipinski definition) is 3. The van der Waals surface area contributed by atoms with Gasteiger partial charge in [-0.25, -0.2) is 9.18 Å². The smallest absolute Gasteiger partial charge is 0.336 e. The Morgan fingerprint density at radius 3 is 2.30 bits per heavy atom. The fraction of sp³-hybridized carbons (Fsp3) is 0.136. The van der Waals surface area contributed by atoms with Gasteiger partial charge in [0.25, 0.3) is 0 Å². The largest absolute Gasteiger partial charge is 0.504 e. The SMILES string of the molecule is COc1cc2c(cc1O)CCc1cc(-c3ccccc3F)c(C(=O)O)cc1-2. The van der Waals surface area contributed by atoms with Crippen LogP contribution in [0.5, 0.6) is 11.5 Å². The molecule has 0 saturated heterocycles.